The Kier molecular flexibility index (Phi) is 5.86. The third kappa shape index (κ3) is 3.89. The summed E-state index contributed by atoms with van der Waals surface area (Å²) in [4.78, 5) is 10.8. The minimum atomic E-state index is -0.760. The number of carboxylic acid groups (broad SMARTS) is 1. The molecule has 0 aliphatic carbocycles. The van der Waals surface area contributed by atoms with Gasteiger partial charge in [0, 0.05) is 12.0 Å². The van der Waals surface area contributed by atoms with E-state index >= 15 is 0 Å². The topological polar surface area (TPSA) is 55.8 Å². The number of rotatable bonds is 7. The van der Waals surface area contributed by atoms with E-state index in [1.807, 2.05) is 19.1 Å². The molecule has 1 atom stereocenters. The summed E-state index contributed by atoms with van der Waals surface area (Å²) in [7, 11) is 3.25. The first-order valence-corrected chi connectivity index (χ1v) is 6.86. The molecule has 1 rings (SSSR count). The molecular formula is C16H24O4. The van der Waals surface area contributed by atoms with Crippen LogP contribution in [-0.4, -0.2) is 25.3 Å². The first kappa shape index (κ1) is 16.3. The number of carbonyl (C=O) groups is 1. The summed E-state index contributed by atoms with van der Waals surface area (Å²) >= 11 is 0. The molecule has 0 aliphatic heterocycles. The first-order valence-electron chi connectivity index (χ1n) is 6.86. The Labute approximate surface area is 120 Å². The molecule has 112 valence electrons. The Hall–Kier alpha value is -1.71. The zero-order valence-electron chi connectivity index (χ0n) is 12.9. The maximum atomic E-state index is 10.8. The third-order valence-corrected chi connectivity index (χ3v) is 3.34. The van der Waals surface area contributed by atoms with Crippen LogP contribution in [0.4, 0.5) is 0 Å². The minimum absolute atomic E-state index is 0.0862. The van der Waals surface area contributed by atoms with Gasteiger partial charge >= 0.3 is 5.97 Å². The zero-order chi connectivity index (χ0) is 15.3. The fourth-order valence-corrected chi connectivity index (χ4v) is 2.55. The van der Waals surface area contributed by atoms with Gasteiger partial charge in [0.2, 0.25) is 0 Å². The fraction of sp³-hybridized carbons (Fsp3) is 0.562. The predicted molar refractivity (Wildman–Crippen MR) is 78.8 cm³/mol. The summed E-state index contributed by atoms with van der Waals surface area (Å²) in [6.45, 7) is 6.15. The molecule has 1 N–H and O–H groups in total. The van der Waals surface area contributed by atoms with E-state index < -0.39 is 5.97 Å². The van der Waals surface area contributed by atoms with Crippen molar-refractivity contribution >= 4 is 5.97 Å². The number of methoxy groups -OCH3 is 2. The summed E-state index contributed by atoms with van der Waals surface area (Å²) in [5, 5.41) is 8.88. The van der Waals surface area contributed by atoms with Gasteiger partial charge in [0.1, 0.15) is 0 Å². The molecule has 0 unspecified atom stereocenters. The van der Waals surface area contributed by atoms with Crippen molar-refractivity contribution in [1.29, 1.82) is 0 Å². The van der Waals surface area contributed by atoms with Gasteiger partial charge in [-0.2, -0.15) is 0 Å². The predicted octanol–water partition coefficient (Wildman–Crippen LogP) is 3.48. The van der Waals surface area contributed by atoms with Crippen LogP contribution in [0.3, 0.4) is 0 Å². The van der Waals surface area contributed by atoms with Gasteiger partial charge in [-0.25, -0.2) is 0 Å². The van der Waals surface area contributed by atoms with Crippen LogP contribution in [0.15, 0.2) is 12.1 Å². The van der Waals surface area contributed by atoms with E-state index in [1.54, 1.807) is 14.2 Å². The van der Waals surface area contributed by atoms with Gasteiger partial charge in [0.05, 0.1) is 14.2 Å². The van der Waals surface area contributed by atoms with Crippen LogP contribution in [0.25, 0.3) is 0 Å². The number of hydrogen-bond acceptors (Lipinski definition) is 3. The first-order chi connectivity index (χ1) is 9.40. The van der Waals surface area contributed by atoms with Crippen molar-refractivity contribution in [3.63, 3.8) is 0 Å². The lowest BCUT2D eigenvalue weighted by Crippen LogP contribution is -2.10. The zero-order valence-corrected chi connectivity index (χ0v) is 12.9. The van der Waals surface area contributed by atoms with E-state index in [0.717, 1.165) is 23.3 Å². The second-order valence-electron chi connectivity index (χ2n) is 5.44. The average molecular weight is 280 g/mol. The Bertz CT molecular complexity index is 466. The van der Waals surface area contributed by atoms with Crippen LogP contribution in [0.5, 0.6) is 11.5 Å². The largest absolute Gasteiger partial charge is 0.493 e. The Balaban J connectivity index is 3.16. The molecule has 0 saturated carbocycles. The van der Waals surface area contributed by atoms with Gasteiger partial charge in [-0.1, -0.05) is 26.8 Å². The molecular weight excluding hydrogens is 256 g/mol. The van der Waals surface area contributed by atoms with Crippen LogP contribution in [0.2, 0.25) is 0 Å². The molecule has 4 nitrogen and oxygen atoms in total. The summed E-state index contributed by atoms with van der Waals surface area (Å²) < 4.78 is 10.8. The smallest absolute Gasteiger partial charge is 0.303 e. The lowest BCUT2D eigenvalue weighted by Gasteiger charge is -2.21. The molecule has 0 aromatic heterocycles. The van der Waals surface area contributed by atoms with Crippen LogP contribution in [0.1, 0.15) is 44.2 Å². The quantitative estimate of drug-likeness (QED) is 0.830. The molecule has 0 aliphatic rings. The molecule has 20 heavy (non-hydrogen) atoms. The monoisotopic (exact) mass is 280 g/mol. The van der Waals surface area contributed by atoms with Crippen LogP contribution >= 0.6 is 0 Å². The maximum Gasteiger partial charge on any atom is 0.303 e. The van der Waals surface area contributed by atoms with Crippen molar-refractivity contribution in [2.24, 2.45) is 5.92 Å². The van der Waals surface area contributed by atoms with E-state index in [4.69, 9.17) is 14.6 Å². The van der Waals surface area contributed by atoms with Gasteiger partial charge in [-0.05, 0) is 29.9 Å². The highest BCUT2D eigenvalue weighted by Gasteiger charge is 2.19. The molecule has 0 fully saturated rings. The fourth-order valence-electron chi connectivity index (χ4n) is 2.55. The summed E-state index contributed by atoms with van der Waals surface area (Å²) in [5.74, 6) is 1.08. The molecule has 1 aromatic carbocycles. The van der Waals surface area contributed by atoms with E-state index in [9.17, 15) is 4.79 Å². The molecule has 0 radical (unpaired) electrons. The SMILES string of the molecule is COc1ccc(C[C@@H](C)CC(=O)O)c(C(C)C)c1OC. The van der Waals surface area contributed by atoms with Gasteiger partial charge in [0.25, 0.3) is 0 Å². The maximum absolute atomic E-state index is 10.8. The number of hydrogen-bond donors (Lipinski definition) is 1. The number of benzene rings is 1. The molecule has 1 aromatic rings. The van der Waals surface area contributed by atoms with Crippen molar-refractivity contribution in [2.75, 3.05) is 14.2 Å². The Morgan fingerprint density at radius 1 is 1.20 bits per heavy atom. The van der Waals surface area contributed by atoms with Crippen LogP contribution in [0, 0.1) is 5.92 Å². The van der Waals surface area contributed by atoms with E-state index in [0.29, 0.717) is 5.75 Å². The Morgan fingerprint density at radius 2 is 1.85 bits per heavy atom. The summed E-state index contributed by atoms with van der Waals surface area (Å²) in [6.07, 6.45) is 0.895. The minimum Gasteiger partial charge on any atom is -0.493 e. The van der Waals surface area contributed by atoms with Gasteiger partial charge in [-0.3, -0.25) is 4.79 Å². The van der Waals surface area contributed by atoms with Crippen molar-refractivity contribution in [1.82, 2.24) is 0 Å². The van der Waals surface area contributed by atoms with Gasteiger partial charge in [-0.15, -0.1) is 0 Å². The van der Waals surface area contributed by atoms with Crippen molar-refractivity contribution in [3.8, 4) is 11.5 Å². The molecule has 4 heteroatoms. The van der Waals surface area contributed by atoms with Gasteiger partial charge < -0.3 is 14.6 Å². The number of ether oxygens (including phenoxy) is 2. The molecule has 0 bridgehead atoms. The molecule has 0 saturated heterocycles. The normalized spacial score (nSPS) is 12.3. The van der Waals surface area contributed by atoms with Crippen LogP contribution in [-0.2, 0) is 11.2 Å². The Morgan fingerprint density at radius 3 is 2.30 bits per heavy atom. The standard InChI is InChI=1S/C16H24O4/c1-10(2)15-12(8-11(3)9-14(17)18)6-7-13(19-4)16(15)20-5/h6-7,10-11H,8-9H2,1-5H3,(H,17,18)/t11-/m1/s1. The number of aliphatic carboxylic acids is 1. The highest BCUT2D eigenvalue weighted by Crippen LogP contribution is 2.38. The second kappa shape index (κ2) is 7.17. The summed E-state index contributed by atoms with van der Waals surface area (Å²) in [5.41, 5.74) is 2.23. The van der Waals surface area contributed by atoms with E-state index in [-0.39, 0.29) is 18.3 Å². The highest BCUT2D eigenvalue weighted by atomic mass is 16.5. The lowest BCUT2D eigenvalue weighted by atomic mass is 9.89. The van der Waals surface area contributed by atoms with E-state index in [1.165, 1.54) is 0 Å². The second-order valence-corrected chi connectivity index (χ2v) is 5.44. The lowest BCUT2D eigenvalue weighted by molar-refractivity contribution is -0.137. The third-order valence-electron chi connectivity index (χ3n) is 3.34. The van der Waals surface area contributed by atoms with Crippen molar-refractivity contribution in [2.45, 2.75) is 39.5 Å². The number of carboxylic acids is 1. The summed E-state index contributed by atoms with van der Waals surface area (Å²) in [6, 6.07) is 3.89. The molecule has 0 heterocycles. The van der Waals surface area contributed by atoms with Crippen molar-refractivity contribution in [3.05, 3.63) is 23.3 Å². The van der Waals surface area contributed by atoms with Crippen LogP contribution < -0.4 is 9.47 Å². The average Bonchev–Trinajstić information content (AvgIpc) is 2.36. The van der Waals surface area contributed by atoms with Gasteiger partial charge in [0.15, 0.2) is 11.5 Å². The van der Waals surface area contributed by atoms with Crippen molar-refractivity contribution < 1.29 is 19.4 Å². The molecule has 0 spiro atoms. The highest BCUT2D eigenvalue weighted by molar-refractivity contribution is 5.67. The van der Waals surface area contributed by atoms with E-state index in [2.05, 4.69) is 13.8 Å². The molecule has 0 amide bonds.